The maximum Gasteiger partial charge on any atom is 0.241 e. The third kappa shape index (κ3) is 7.63. The summed E-state index contributed by atoms with van der Waals surface area (Å²) in [6, 6.07) is 15.2. The number of aromatic amines is 1. The molecule has 2 aromatic carbocycles. The molecule has 1 heterocycles. The maximum absolute atomic E-state index is 13.2. The Kier molecular flexibility index (Phi) is 11.2. The minimum atomic E-state index is -3.81. The number of aromatic nitrogens is 3. The maximum atomic E-state index is 13.2. The molecule has 0 saturated carbocycles. The van der Waals surface area contributed by atoms with Gasteiger partial charge >= 0.3 is 0 Å². The fourth-order valence-electron chi connectivity index (χ4n) is 3.71. The third-order valence-electron chi connectivity index (χ3n) is 5.55. The molecule has 0 spiro atoms. The zero-order chi connectivity index (χ0) is 23.8. The van der Waals surface area contributed by atoms with E-state index in [0.717, 1.165) is 31.6 Å². The van der Waals surface area contributed by atoms with Crippen LogP contribution in [0.1, 0.15) is 37.7 Å². The van der Waals surface area contributed by atoms with Crippen LogP contribution in [0.2, 0.25) is 5.02 Å². The second-order valence-electron chi connectivity index (χ2n) is 7.74. The summed E-state index contributed by atoms with van der Waals surface area (Å²) < 4.78 is 31.6. The van der Waals surface area contributed by atoms with Gasteiger partial charge in [-0.1, -0.05) is 55.8 Å². The van der Waals surface area contributed by atoms with Gasteiger partial charge in [-0.25, -0.2) is 13.1 Å². The molecule has 3 rings (SSSR count). The molecule has 0 fully saturated rings. The smallest absolute Gasteiger partial charge is 0.241 e. The molecule has 7 nitrogen and oxygen atoms in total. The minimum absolute atomic E-state index is 0. The lowest BCUT2D eigenvalue weighted by Gasteiger charge is -2.21. The van der Waals surface area contributed by atoms with Crippen molar-refractivity contribution >= 4 is 46.2 Å². The lowest BCUT2D eigenvalue weighted by atomic mass is 10.1. The van der Waals surface area contributed by atoms with Crippen molar-refractivity contribution in [3.8, 4) is 0 Å². The molecular formula is C23H31Cl2N5O2S2. The van der Waals surface area contributed by atoms with Gasteiger partial charge in [0.2, 0.25) is 10.0 Å². The molecule has 0 aliphatic heterocycles. The van der Waals surface area contributed by atoms with Gasteiger partial charge in [0.15, 0.2) is 4.77 Å². The predicted octanol–water partition coefficient (Wildman–Crippen LogP) is 5.01. The average molecular weight is 545 g/mol. The Balaban J connectivity index is 0.00000408. The van der Waals surface area contributed by atoms with Crippen molar-refractivity contribution in [1.29, 1.82) is 0 Å². The summed E-state index contributed by atoms with van der Waals surface area (Å²) in [4.78, 5) is 2.49. The third-order valence-corrected chi connectivity index (χ3v) is 7.61. The van der Waals surface area contributed by atoms with Crippen LogP contribution in [0.4, 0.5) is 0 Å². The second-order valence-corrected chi connectivity index (χ2v) is 10.3. The van der Waals surface area contributed by atoms with Crippen molar-refractivity contribution in [2.75, 3.05) is 19.6 Å². The summed E-state index contributed by atoms with van der Waals surface area (Å²) in [6.45, 7) is 7.82. The lowest BCUT2D eigenvalue weighted by molar-refractivity contribution is 0.292. The number of benzene rings is 2. The Labute approximate surface area is 218 Å². The van der Waals surface area contributed by atoms with E-state index < -0.39 is 16.1 Å². The van der Waals surface area contributed by atoms with Crippen molar-refractivity contribution in [2.24, 2.45) is 0 Å². The summed E-state index contributed by atoms with van der Waals surface area (Å²) in [5.41, 5.74) is 0.991. The zero-order valence-corrected chi connectivity index (χ0v) is 22.5. The van der Waals surface area contributed by atoms with Gasteiger partial charge in [0.1, 0.15) is 5.82 Å². The van der Waals surface area contributed by atoms with Crippen LogP contribution in [0.25, 0.3) is 0 Å². The summed E-state index contributed by atoms with van der Waals surface area (Å²) in [5.74, 6) is 0.570. The number of hydrogen-bond donors (Lipinski definition) is 2. The minimum Gasteiger partial charge on any atom is -0.304 e. The Morgan fingerprint density at radius 1 is 1.12 bits per heavy atom. The number of sulfonamides is 1. The van der Waals surface area contributed by atoms with E-state index in [1.165, 1.54) is 12.1 Å². The van der Waals surface area contributed by atoms with E-state index in [-0.39, 0.29) is 17.3 Å². The first-order valence-corrected chi connectivity index (χ1v) is 13.3. The molecular weight excluding hydrogens is 513 g/mol. The van der Waals surface area contributed by atoms with Crippen LogP contribution in [0.3, 0.4) is 0 Å². The Morgan fingerprint density at radius 2 is 1.76 bits per heavy atom. The number of rotatable bonds is 12. The molecule has 34 heavy (non-hydrogen) atoms. The fraction of sp³-hybridized carbons (Fsp3) is 0.391. The molecule has 0 saturated heterocycles. The van der Waals surface area contributed by atoms with Gasteiger partial charge in [-0.3, -0.25) is 5.10 Å². The van der Waals surface area contributed by atoms with Crippen LogP contribution >= 0.6 is 36.2 Å². The predicted molar refractivity (Wildman–Crippen MR) is 142 cm³/mol. The highest BCUT2D eigenvalue weighted by atomic mass is 35.5. The lowest BCUT2D eigenvalue weighted by Crippen LogP contribution is -2.32. The highest BCUT2D eigenvalue weighted by molar-refractivity contribution is 7.89. The van der Waals surface area contributed by atoms with Crippen molar-refractivity contribution in [2.45, 2.75) is 44.2 Å². The van der Waals surface area contributed by atoms with E-state index in [1.807, 2.05) is 34.9 Å². The summed E-state index contributed by atoms with van der Waals surface area (Å²) >= 11 is 11.4. The van der Waals surface area contributed by atoms with Gasteiger partial charge in [0, 0.05) is 11.6 Å². The van der Waals surface area contributed by atoms with Crippen LogP contribution in [0.5, 0.6) is 0 Å². The first kappa shape index (κ1) is 28.5. The van der Waals surface area contributed by atoms with Crippen LogP contribution in [0.15, 0.2) is 59.5 Å². The summed E-state index contributed by atoms with van der Waals surface area (Å²) in [6.07, 6.45) is 1.31. The van der Waals surface area contributed by atoms with E-state index in [1.54, 1.807) is 12.1 Å². The van der Waals surface area contributed by atoms with Gasteiger partial charge in [-0.05, 0) is 74.5 Å². The normalized spacial score (nSPS) is 12.5. The fourth-order valence-corrected chi connectivity index (χ4v) is 5.26. The molecule has 0 bridgehead atoms. The van der Waals surface area contributed by atoms with Crippen molar-refractivity contribution in [1.82, 2.24) is 24.4 Å². The van der Waals surface area contributed by atoms with Gasteiger partial charge < -0.3 is 9.47 Å². The molecule has 3 aromatic rings. The molecule has 0 radical (unpaired) electrons. The van der Waals surface area contributed by atoms with Crippen LogP contribution in [-0.4, -0.2) is 47.7 Å². The average Bonchev–Trinajstić information content (AvgIpc) is 3.17. The van der Waals surface area contributed by atoms with Crippen molar-refractivity contribution < 1.29 is 8.42 Å². The van der Waals surface area contributed by atoms with Crippen LogP contribution < -0.4 is 4.72 Å². The molecule has 1 aromatic heterocycles. The van der Waals surface area contributed by atoms with Crippen molar-refractivity contribution in [3.05, 3.63) is 75.8 Å². The van der Waals surface area contributed by atoms with Gasteiger partial charge in [0.25, 0.3) is 0 Å². The number of H-pyrrole nitrogens is 1. The highest BCUT2D eigenvalue weighted by Crippen LogP contribution is 2.22. The monoisotopic (exact) mass is 543 g/mol. The quantitative estimate of drug-likeness (QED) is 0.313. The first-order valence-electron chi connectivity index (χ1n) is 11.0. The number of nitrogens with zero attached hydrogens (tertiary/aromatic N) is 3. The Hall–Kier alpha value is -1.75. The Morgan fingerprint density at radius 3 is 2.38 bits per heavy atom. The Bertz CT molecular complexity index is 1180. The van der Waals surface area contributed by atoms with Gasteiger partial charge in [-0.15, -0.1) is 12.4 Å². The molecule has 0 unspecified atom stereocenters. The molecule has 0 aliphatic carbocycles. The van der Waals surface area contributed by atoms with Crippen molar-refractivity contribution in [3.63, 3.8) is 0 Å². The molecule has 0 amide bonds. The van der Waals surface area contributed by atoms with Gasteiger partial charge in [0.05, 0.1) is 10.9 Å². The SMILES string of the molecule is CCN(CC)CCCn1c([C@@H](Cc2ccccc2)NS(=O)(=O)c2ccc(Cl)cc2)n[nH]c1=S.Cl. The summed E-state index contributed by atoms with van der Waals surface area (Å²) in [5, 5.41) is 7.75. The number of nitrogens with one attached hydrogen (secondary N) is 2. The molecule has 11 heteroatoms. The van der Waals surface area contributed by atoms with Crippen LogP contribution in [-0.2, 0) is 23.0 Å². The zero-order valence-electron chi connectivity index (χ0n) is 19.3. The van der Waals surface area contributed by atoms with E-state index in [0.29, 0.717) is 28.6 Å². The second kappa shape index (κ2) is 13.4. The van der Waals surface area contributed by atoms with E-state index in [2.05, 4.69) is 33.7 Å². The summed E-state index contributed by atoms with van der Waals surface area (Å²) in [7, 11) is -3.81. The van der Waals surface area contributed by atoms with Crippen LogP contribution in [0, 0.1) is 4.77 Å². The standard InChI is InChI=1S/C23H30ClN5O2S2.ClH/c1-3-28(4-2)15-8-16-29-22(25-26-23(29)32)21(17-18-9-6-5-7-10-18)27-33(30,31)20-13-11-19(24)12-14-20;/h5-7,9-14,21,27H,3-4,8,15-17H2,1-2H3,(H,26,32);1H/t21-;/m1./s1. The highest BCUT2D eigenvalue weighted by Gasteiger charge is 2.26. The van der Waals surface area contributed by atoms with E-state index in [9.17, 15) is 8.42 Å². The number of halogens is 2. The topological polar surface area (TPSA) is 83.0 Å². The van der Waals surface area contributed by atoms with Gasteiger partial charge in [-0.2, -0.15) is 5.10 Å². The molecule has 186 valence electrons. The van der Waals surface area contributed by atoms with E-state index >= 15 is 0 Å². The first-order chi connectivity index (χ1) is 15.8. The molecule has 0 aliphatic rings. The number of hydrogen-bond acceptors (Lipinski definition) is 5. The molecule has 1 atom stereocenters. The largest absolute Gasteiger partial charge is 0.304 e. The molecule has 2 N–H and O–H groups in total. The van der Waals surface area contributed by atoms with E-state index in [4.69, 9.17) is 23.8 Å².